The summed E-state index contributed by atoms with van der Waals surface area (Å²) in [5.41, 5.74) is 3.54. The number of hydrogen-bond donors (Lipinski definition) is 1. The van der Waals surface area contributed by atoms with E-state index in [9.17, 15) is 14.0 Å². The summed E-state index contributed by atoms with van der Waals surface area (Å²) < 4.78 is 26.2. The lowest BCUT2D eigenvalue weighted by Crippen LogP contribution is -2.28. The molecule has 1 atom stereocenters. The monoisotopic (exact) mass is 638 g/mol. The molecule has 0 aliphatic carbocycles. The van der Waals surface area contributed by atoms with E-state index in [4.69, 9.17) is 14.3 Å². The van der Waals surface area contributed by atoms with Gasteiger partial charge in [0.15, 0.2) is 16.7 Å². The predicted molar refractivity (Wildman–Crippen MR) is 171 cm³/mol. The Balaban J connectivity index is 1.21. The number of carbonyl (C=O) groups is 2. The van der Waals surface area contributed by atoms with E-state index in [-0.39, 0.29) is 35.7 Å². The molecule has 3 heterocycles. The first kappa shape index (κ1) is 30.8. The van der Waals surface area contributed by atoms with Gasteiger partial charge in [0, 0.05) is 13.0 Å². The number of methoxy groups -OCH3 is 1. The quantitative estimate of drug-likeness (QED) is 0.175. The molecule has 10 nitrogen and oxygen atoms in total. The Labute approximate surface area is 269 Å². The fraction of sp³-hybridized carbons (Fsp3) is 0.206. The molecule has 0 saturated heterocycles. The Kier molecular flexibility index (Phi) is 9.54. The number of hydrazone groups is 1. The van der Waals surface area contributed by atoms with Gasteiger partial charge in [-0.15, -0.1) is 10.2 Å². The molecule has 0 spiro atoms. The molecule has 2 amide bonds. The van der Waals surface area contributed by atoms with Crippen molar-refractivity contribution >= 4 is 29.3 Å². The first-order chi connectivity index (χ1) is 22.5. The number of nitrogens with one attached hydrogen (secondary N) is 1. The summed E-state index contributed by atoms with van der Waals surface area (Å²) in [7, 11) is 1.60. The van der Waals surface area contributed by atoms with Crippen LogP contribution in [0.4, 0.5) is 4.39 Å². The molecule has 5 aromatic rings. The summed E-state index contributed by atoms with van der Waals surface area (Å²) >= 11 is 1.25. The number of ether oxygens (including phenoxy) is 1. The van der Waals surface area contributed by atoms with Crippen molar-refractivity contribution in [3.63, 3.8) is 0 Å². The van der Waals surface area contributed by atoms with Gasteiger partial charge in [-0.3, -0.25) is 9.59 Å². The van der Waals surface area contributed by atoms with Crippen LogP contribution in [0.1, 0.15) is 45.5 Å². The van der Waals surface area contributed by atoms with Crippen LogP contribution < -0.4 is 10.1 Å². The van der Waals surface area contributed by atoms with Crippen LogP contribution in [0.3, 0.4) is 0 Å². The van der Waals surface area contributed by atoms with Crippen molar-refractivity contribution in [2.75, 3.05) is 12.9 Å². The Hall–Kier alpha value is -5.23. The lowest BCUT2D eigenvalue weighted by Gasteiger charge is -2.22. The second-order valence-electron chi connectivity index (χ2n) is 10.5. The minimum absolute atomic E-state index is 0.0410. The zero-order chi connectivity index (χ0) is 31.9. The number of benzene rings is 3. The van der Waals surface area contributed by atoms with Gasteiger partial charge in [-0.05, 0) is 71.6 Å². The van der Waals surface area contributed by atoms with E-state index < -0.39 is 6.04 Å². The molecule has 0 saturated carbocycles. The normalized spacial score (nSPS) is 14.3. The first-order valence-corrected chi connectivity index (χ1v) is 15.7. The van der Waals surface area contributed by atoms with Gasteiger partial charge in [-0.25, -0.2) is 9.40 Å². The summed E-state index contributed by atoms with van der Waals surface area (Å²) in [6, 6.07) is 26.5. The van der Waals surface area contributed by atoms with Crippen molar-refractivity contribution in [1.82, 2.24) is 25.1 Å². The highest BCUT2D eigenvalue weighted by molar-refractivity contribution is 7.99. The fourth-order valence-electron chi connectivity index (χ4n) is 5.16. The van der Waals surface area contributed by atoms with Gasteiger partial charge in [0.1, 0.15) is 11.6 Å². The van der Waals surface area contributed by atoms with Gasteiger partial charge in [0.2, 0.25) is 0 Å². The molecule has 1 aliphatic heterocycles. The molecule has 1 unspecified atom stereocenters. The molecular formula is C34H31FN6O4S. The number of thioether (sulfide) groups is 1. The van der Waals surface area contributed by atoms with Crippen molar-refractivity contribution in [2.45, 2.75) is 37.1 Å². The molecule has 0 radical (unpaired) electrons. The summed E-state index contributed by atoms with van der Waals surface area (Å²) in [4.78, 5) is 26.3. The minimum atomic E-state index is -0.394. The Morgan fingerprint density at radius 3 is 2.50 bits per heavy atom. The minimum Gasteiger partial charge on any atom is -0.497 e. The molecule has 0 bridgehead atoms. The molecule has 6 rings (SSSR count). The van der Waals surface area contributed by atoms with Gasteiger partial charge >= 0.3 is 0 Å². The van der Waals surface area contributed by atoms with Gasteiger partial charge in [-0.2, -0.15) is 5.10 Å². The van der Waals surface area contributed by atoms with Crippen LogP contribution in [0, 0.1) is 5.82 Å². The van der Waals surface area contributed by atoms with E-state index in [0.717, 1.165) is 28.2 Å². The van der Waals surface area contributed by atoms with Crippen molar-refractivity contribution < 1.29 is 23.1 Å². The average molecular weight is 639 g/mol. The third-order valence-corrected chi connectivity index (χ3v) is 8.53. The number of aryl methyl sites for hydroxylation is 1. The largest absolute Gasteiger partial charge is 0.497 e. The first-order valence-electron chi connectivity index (χ1n) is 14.7. The Morgan fingerprint density at radius 2 is 1.78 bits per heavy atom. The third kappa shape index (κ3) is 7.18. The molecule has 2 aromatic heterocycles. The van der Waals surface area contributed by atoms with Gasteiger partial charge in [0.25, 0.3) is 11.8 Å². The van der Waals surface area contributed by atoms with E-state index in [1.54, 1.807) is 31.4 Å². The second kappa shape index (κ2) is 14.2. The summed E-state index contributed by atoms with van der Waals surface area (Å²) in [6.07, 6.45) is 2.61. The van der Waals surface area contributed by atoms with Crippen LogP contribution >= 0.6 is 11.8 Å². The maximum absolute atomic E-state index is 13.8. The van der Waals surface area contributed by atoms with Crippen LogP contribution in [0.2, 0.25) is 0 Å². The number of amides is 2. The van der Waals surface area contributed by atoms with E-state index in [2.05, 4.69) is 15.5 Å². The number of carbonyl (C=O) groups excluding carboxylic acids is 2. The highest BCUT2D eigenvalue weighted by Crippen LogP contribution is 2.34. The number of nitrogens with zero attached hydrogens (tertiary/aromatic N) is 5. The number of rotatable bonds is 12. The van der Waals surface area contributed by atoms with Gasteiger partial charge in [-0.1, -0.05) is 54.2 Å². The van der Waals surface area contributed by atoms with Crippen LogP contribution in [-0.2, 0) is 24.3 Å². The average Bonchev–Trinajstić information content (AvgIpc) is 3.87. The Bertz CT molecular complexity index is 1810. The van der Waals surface area contributed by atoms with Crippen molar-refractivity contribution in [3.05, 3.63) is 131 Å². The molecule has 0 fully saturated rings. The maximum atomic E-state index is 13.8. The zero-order valence-corrected chi connectivity index (χ0v) is 25.8. The highest BCUT2D eigenvalue weighted by Gasteiger charge is 2.33. The smallest absolute Gasteiger partial charge is 0.287 e. The lowest BCUT2D eigenvalue weighted by molar-refractivity contribution is -0.130. The lowest BCUT2D eigenvalue weighted by atomic mass is 9.98. The Morgan fingerprint density at radius 1 is 1.00 bits per heavy atom. The molecular weight excluding hydrogens is 607 g/mol. The summed E-state index contributed by atoms with van der Waals surface area (Å²) in [5.74, 6) is 0.573. The topological polar surface area (TPSA) is 115 Å². The highest BCUT2D eigenvalue weighted by atomic mass is 32.2. The third-order valence-electron chi connectivity index (χ3n) is 7.58. The number of furan rings is 1. The summed E-state index contributed by atoms with van der Waals surface area (Å²) in [5, 5.41) is 18.3. The number of halogens is 1. The van der Waals surface area contributed by atoms with E-state index in [1.165, 1.54) is 35.2 Å². The van der Waals surface area contributed by atoms with Gasteiger partial charge < -0.3 is 19.0 Å². The predicted octanol–water partition coefficient (Wildman–Crippen LogP) is 5.66. The number of hydrogen-bond acceptors (Lipinski definition) is 8. The van der Waals surface area contributed by atoms with Crippen LogP contribution in [0.15, 0.2) is 112 Å². The van der Waals surface area contributed by atoms with E-state index in [0.29, 0.717) is 30.4 Å². The van der Waals surface area contributed by atoms with Gasteiger partial charge in [0.05, 0.1) is 37.4 Å². The summed E-state index contributed by atoms with van der Waals surface area (Å²) in [6.45, 7) is 0.672. The zero-order valence-electron chi connectivity index (χ0n) is 25.0. The second-order valence-corrected chi connectivity index (χ2v) is 11.5. The SMILES string of the molecule is COc1ccc(C2=NN(C(=O)CSc3nnc(CNC(=O)c4ccco4)n3CCc3ccccc3)C(c3ccc(F)cc3)C2)cc1. The van der Waals surface area contributed by atoms with E-state index >= 15 is 0 Å². The molecule has 1 N–H and O–H groups in total. The fourth-order valence-corrected chi connectivity index (χ4v) is 5.99. The van der Waals surface area contributed by atoms with Crippen LogP contribution in [0.5, 0.6) is 5.75 Å². The number of aromatic nitrogens is 3. The van der Waals surface area contributed by atoms with Crippen molar-refractivity contribution in [3.8, 4) is 5.75 Å². The van der Waals surface area contributed by atoms with Crippen LogP contribution in [-0.4, -0.2) is 50.2 Å². The van der Waals surface area contributed by atoms with Crippen LogP contribution in [0.25, 0.3) is 0 Å². The molecule has 234 valence electrons. The van der Waals surface area contributed by atoms with E-state index in [1.807, 2.05) is 59.2 Å². The van der Waals surface area contributed by atoms with Crippen molar-refractivity contribution in [1.29, 1.82) is 0 Å². The maximum Gasteiger partial charge on any atom is 0.287 e. The standard InChI is InChI=1S/C34H31FN6O4S/c1-44-27-15-11-24(12-16-27)28-20-29(25-9-13-26(35)14-10-25)41(39-28)32(42)22-46-34-38-37-31(21-36-33(43)30-8-5-19-45-30)40(34)18-17-23-6-3-2-4-7-23/h2-16,19,29H,17-18,20-22H2,1H3,(H,36,43). The molecule has 46 heavy (non-hydrogen) atoms. The molecule has 3 aromatic carbocycles. The van der Waals surface area contributed by atoms with Crippen molar-refractivity contribution in [2.24, 2.45) is 5.10 Å². The molecule has 12 heteroatoms. The molecule has 1 aliphatic rings.